The third-order valence-electron chi connectivity index (χ3n) is 3.08. The molecule has 3 nitrogen and oxygen atoms in total. The number of hydrogen-bond donors (Lipinski definition) is 1. The lowest BCUT2D eigenvalue weighted by molar-refractivity contribution is 0.309. The molecule has 0 saturated heterocycles. The van der Waals surface area contributed by atoms with Crippen molar-refractivity contribution in [1.29, 1.82) is 0 Å². The van der Waals surface area contributed by atoms with Gasteiger partial charge >= 0.3 is 0 Å². The Kier molecular flexibility index (Phi) is 3.56. The summed E-state index contributed by atoms with van der Waals surface area (Å²) in [4.78, 5) is 4.37. The first-order valence-electron chi connectivity index (χ1n) is 6.25. The second-order valence-electron chi connectivity index (χ2n) is 4.44. The quantitative estimate of drug-likeness (QED) is 0.734. The summed E-state index contributed by atoms with van der Waals surface area (Å²) in [5, 5.41) is 0.893. The molecule has 20 heavy (non-hydrogen) atoms. The number of ether oxygens (including phenoxy) is 1. The maximum atomic E-state index is 6.05. The number of nitrogens with zero attached hydrogens (tertiary/aromatic N) is 1. The van der Waals surface area contributed by atoms with Crippen molar-refractivity contribution in [3.8, 4) is 5.75 Å². The van der Waals surface area contributed by atoms with Gasteiger partial charge in [-0.15, -0.1) is 0 Å². The highest BCUT2D eigenvalue weighted by Gasteiger charge is 2.10. The molecule has 1 heterocycles. The Labute approximate surface area is 125 Å². The standard InChI is InChI=1S/C16H13BrN2O/c17-13-9-14(20-10-11-5-2-1-3-6-11)16-12(15(13)18)7-4-8-19-16/h1-9H,10,18H2. The second-order valence-corrected chi connectivity index (χ2v) is 5.30. The number of hydrogen-bond acceptors (Lipinski definition) is 3. The van der Waals surface area contributed by atoms with E-state index in [0.717, 1.165) is 26.7 Å². The molecule has 0 amide bonds. The number of nitrogen functional groups attached to an aromatic ring is 1. The fraction of sp³-hybridized carbons (Fsp3) is 0.0625. The summed E-state index contributed by atoms with van der Waals surface area (Å²) in [6.45, 7) is 0.503. The summed E-state index contributed by atoms with van der Waals surface area (Å²) in [5.41, 5.74) is 8.63. The van der Waals surface area contributed by atoms with Crippen LogP contribution in [0.25, 0.3) is 10.9 Å². The molecule has 0 aliphatic heterocycles. The van der Waals surface area contributed by atoms with Gasteiger partial charge in [-0.3, -0.25) is 4.98 Å². The Hall–Kier alpha value is -2.07. The lowest BCUT2D eigenvalue weighted by atomic mass is 10.1. The van der Waals surface area contributed by atoms with Crippen LogP contribution in [0.1, 0.15) is 5.56 Å². The number of pyridine rings is 1. The Morgan fingerprint density at radius 3 is 2.70 bits per heavy atom. The van der Waals surface area contributed by atoms with Gasteiger partial charge in [-0.05, 0) is 39.7 Å². The smallest absolute Gasteiger partial charge is 0.147 e. The Morgan fingerprint density at radius 1 is 1.10 bits per heavy atom. The summed E-state index contributed by atoms with van der Waals surface area (Å²) in [6.07, 6.45) is 1.74. The summed E-state index contributed by atoms with van der Waals surface area (Å²) < 4.78 is 6.71. The van der Waals surface area contributed by atoms with E-state index in [1.807, 2.05) is 48.5 Å². The maximum absolute atomic E-state index is 6.05. The van der Waals surface area contributed by atoms with Crippen LogP contribution in [0.3, 0.4) is 0 Å². The number of benzene rings is 2. The van der Waals surface area contributed by atoms with E-state index in [0.29, 0.717) is 12.3 Å². The van der Waals surface area contributed by atoms with Crippen molar-refractivity contribution >= 4 is 32.5 Å². The minimum Gasteiger partial charge on any atom is -0.487 e. The fourth-order valence-corrected chi connectivity index (χ4v) is 2.48. The van der Waals surface area contributed by atoms with Crippen LogP contribution in [0, 0.1) is 0 Å². The van der Waals surface area contributed by atoms with Crippen molar-refractivity contribution in [2.45, 2.75) is 6.61 Å². The third kappa shape index (κ3) is 2.47. The van der Waals surface area contributed by atoms with E-state index in [2.05, 4.69) is 20.9 Å². The van der Waals surface area contributed by atoms with Gasteiger partial charge in [0.25, 0.3) is 0 Å². The molecule has 2 N–H and O–H groups in total. The lowest BCUT2D eigenvalue weighted by Gasteiger charge is -2.11. The van der Waals surface area contributed by atoms with Crippen LogP contribution in [0.2, 0.25) is 0 Å². The topological polar surface area (TPSA) is 48.1 Å². The lowest BCUT2D eigenvalue weighted by Crippen LogP contribution is -1.98. The van der Waals surface area contributed by atoms with Crippen molar-refractivity contribution < 1.29 is 4.74 Å². The first-order chi connectivity index (χ1) is 9.75. The van der Waals surface area contributed by atoms with Gasteiger partial charge in [0.15, 0.2) is 0 Å². The molecule has 0 unspecified atom stereocenters. The van der Waals surface area contributed by atoms with Gasteiger partial charge in [0.1, 0.15) is 17.9 Å². The van der Waals surface area contributed by atoms with E-state index in [4.69, 9.17) is 10.5 Å². The van der Waals surface area contributed by atoms with Gasteiger partial charge in [-0.25, -0.2) is 0 Å². The van der Waals surface area contributed by atoms with E-state index in [1.54, 1.807) is 6.20 Å². The summed E-state index contributed by atoms with van der Waals surface area (Å²) in [6, 6.07) is 15.7. The highest BCUT2D eigenvalue weighted by molar-refractivity contribution is 9.10. The van der Waals surface area contributed by atoms with Gasteiger partial charge in [0.2, 0.25) is 0 Å². The normalized spacial score (nSPS) is 10.7. The van der Waals surface area contributed by atoms with Gasteiger partial charge in [0.05, 0.1) is 5.69 Å². The zero-order chi connectivity index (χ0) is 13.9. The molecule has 0 bridgehead atoms. The van der Waals surface area contributed by atoms with Gasteiger partial charge in [-0.1, -0.05) is 30.3 Å². The van der Waals surface area contributed by atoms with Crippen molar-refractivity contribution in [3.63, 3.8) is 0 Å². The minimum atomic E-state index is 0.503. The highest BCUT2D eigenvalue weighted by atomic mass is 79.9. The second kappa shape index (κ2) is 5.51. The summed E-state index contributed by atoms with van der Waals surface area (Å²) in [5.74, 6) is 0.727. The molecule has 0 atom stereocenters. The first kappa shape index (κ1) is 12.9. The van der Waals surface area contributed by atoms with Crippen molar-refractivity contribution in [2.24, 2.45) is 0 Å². The largest absolute Gasteiger partial charge is 0.487 e. The molecular formula is C16H13BrN2O. The molecule has 0 spiro atoms. The Bertz CT molecular complexity index is 744. The summed E-state index contributed by atoms with van der Waals surface area (Å²) >= 11 is 3.46. The van der Waals surface area contributed by atoms with E-state index in [1.165, 1.54) is 0 Å². The van der Waals surface area contributed by atoms with Gasteiger partial charge < -0.3 is 10.5 Å². The molecule has 0 saturated carbocycles. The molecule has 3 aromatic rings. The van der Waals surface area contributed by atoms with E-state index < -0.39 is 0 Å². The van der Waals surface area contributed by atoms with Crippen LogP contribution in [-0.2, 0) is 6.61 Å². The number of anilines is 1. The van der Waals surface area contributed by atoms with Crippen LogP contribution in [0.15, 0.2) is 59.2 Å². The number of halogens is 1. The molecule has 0 fully saturated rings. The molecule has 0 aliphatic rings. The minimum absolute atomic E-state index is 0.503. The first-order valence-corrected chi connectivity index (χ1v) is 7.04. The average molecular weight is 329 g/mol. The monoisotopic (exact) mass is 328 g/mol. The Balaban J connectivity index is 1.97. The zero-order valence-corrected chi connectivity index (χ0v) is 12.3. The van der Waals surface area contributed by atoms with Crippen LogP contribution in [0.4, 0.5) is 5.69 Å². The number of aromatic nitrogens is 1. The number of nitrogens with two attached hydrogens (primary N) is 1. The van der Waals surface area contributed by atoms with Crippen molar-refractivity contribution in [1.82, 2.24) is 4.98 Å². The molecule has 0 aliphatic carbocycles. The summed E-state index contributed by atoms with van der Waals surface area (Å²) in [7, 11) is 0. The van der Waals surface area contributed by atoms with Crippen LogP contribution in [-0.4, -0.2) is 4.98 Å². The van der Waals surface area contributed by atoms with Crippen molar-refractivity contribution in [2.75, 3.05) is 5.73 Å². The average Bonchev–Trinajstić information content (AvgIpc) is 2.50. The predicted octanol–water partition coefficient (Wildman–Crippen LogP) is 4.16. The number of fused-ring (bicyclic) bond motifs is 1. The van der Waals surface area contributed by atoms with E-state index in [-0.39, 0.29) is 0 Å². The zero-order valence-electron chi connectivity index (χ0n) is 10.7. The molecule has 100 valence electrons. The molecule has 4 heteroatoms. The van der Waals surface area contributed by atoms with Crippen LogP contribution in [0.5, 0.6) is 5.75 Å². The molecule has 1 aromatic heterocycles. The van der Waals surface area contributed by atoms with Gasteiger partial charge in [0, 0.05) is 16.1 Å². The van der Waals surface area contributed by atoms with Crippen LogP contribution >= 0.6 is 15.9 Å². The highest BCUT2D eigenvalue weighted by Crippen LogP contribution is 2.35. The maximum Gasteiger partial charge on any atom is 0.147 e. The molecule has 3 rings (SSSR count). The Morgan fingerprint density at radius 2 is 1.90 bits per heavy atom. The SMILES string of the molecule is Nc1c(Br)cc(OCc2ccccc2)c2ncccc12. The molecule has 2 aromatic carbocycles. The van der Waals surface area contributed by atoms with Gasteiger partial charge in [-0.2, -0.15) is 0 Å². The third-order valence-corrected chi connectivity index (χ3v) is 3.74. The van der Waals surface area contributed by atoms with Crippen molar-refractivity contribution in [3.05, 3.63) is 64.8 Å². The van der Waals surface area contributed by atoms with E-state index >= 15 is 0 Å². The molecular weight excluding hydrogens is 316 g/mol. The number of rotatable bonds is 3. The predicted molar refractivity (Wildman–Crippen MR) is 84.6 cm³/mol. The van der Waals surface area contributed by atoms with E-state index in [9.17, 15) is 0 Å². The van der Waals surface area contributed by atoms with Crippen LogP contribution < -0.4 is 10.5 Å². The molecule has 0 radical (unpaired) electrons. The fourth-order valence-electron chi connectivity index (χ4n) is 2.05.